The van der Waals surface area contributed by atoms with E-state index in [0.29, 0.717) is 0 Å². The van der Waals surface area contributed by atoms with Crippen molar-refractivity contribution in [3.8, 4) is 11.5 Å². The van der Waals surface area contributed by atoms with Gasteiger partial charge < -0.3 is 9.73 Å². The highest BCUT2D eigenvalue weighted by Gasteiger charge is 2.13. The molecule has 1 N–H and O–H groups in total. The second kappa shape index (κ2) is 5.51. The maximum atomic E-state index is 5.54. The van der Waals surface area contributed by atoms with E-state index in [1.165, 1.54) is 0 Å². The monoisotopic (exact) mass is 297 g/mol. The molecule has 0 aliphatic carbocycles. The minimum atomic E-state index is 0.727. The Labute approximate surface area is 109 Å². The lowest BCUT2D eigenvalue weighted by molar-refractivity contribution is 0.551. The molecule has 0 radical (unpaired) electrons. The van der Waals surface area contributed by atoms with Crippen molar-refractivity contribution in [2.45, 2.75) is 19.9 Å². The highest BCUT2D eigenvalue weighted by atomic mass is 79.9. The average molecular weight is 298 g/mol. The van der Waals surface area contributed by atoms with E-state index < -0.39 is 0 Å². The number of hydrogen-bond acceptors (Lipinski definition) is 3. The summed E-state index contributed by atoms with van der Waals surface area (Å²) in [5.41, 5.74) is 2.06. The molecule has 0 saturated heterocycles. The Bertz CT molecular complexity index is 490. The molecule has 0 fully saturated rings. The van der Waals surface area contributed by atoms with Crippen molar-refractivity contribution in [1.82, 2.24) is 15.1 Å². The molecule has 0 spiro atoms. The van der Waals surface area contributed by atoms with Gasteiger partial charge in [0.15, 0.2) is 10.4 Å². The first-order valence-corrected chi connectivity index (χ1v) is 6.49. The number of hydrogen-bond donors (Lipinski definition) is 1. The van der Waals surface area contributed by atoms with E-state index in [-0.39, 0.29) is 0 Å². The number of furan rings is 1. The fraction of sp³-hybridized carbons (Fsp3) is 0.417. The van der Waals surface area contributed by atoms with Crippen LogP contribution in [0.15, 0.2) is 27.4 Å². The summed E-state index contributed by atoms with van der Waals surface area (Å²) in [5, 5.41) is 7.81. The molecule has 0 aliphatic rings. The summed E-state index contributed by atoms with van der Waals surface area (Å²) in [6.45, 7) is 3.98. The smallest absolute Gasteiger partial charge is 0.169 e. The van der Waals surface area contributed by atoms with Crippen LogP contribution in [0.2, 0.25) is 0 Å². The Kier molecular flexibility index (Phi) is 4.02. The molecule has 2 rings (SSSR count). The third-order valence-electron chi connectivity index (χ3n) is 2.45. The normalized spacial score (nSPS) is 11.0. The predicted molar refractivity (Wildman–Crippen MR) is 70.6 cm³/mol. The van der Waals surface area contributed by atoms with Crippen LogP contribution in [0.4, 0.5) is 0 Å². The van der Waals surface area contributed by atoms with Crippen molar-refractivity contribution >= 4 is 15.9 Å². The third-order valence-corrected chi connectivity index (χ3v) is 2.88. The van der Waals surface area contributed by atoms with Crippen LogP contribution in [0.5, 0.6) is 0 Å². The van der Waals surface area contributed by atoms with Gasteiger partial charge >= 0.3 is 0 Å². The average Bonchev–Trinajstić information content (AvgIpc) is 2.85. The van der Waals surface area contributed by atoms with Crippen LogP contribution in [-0.4, -0.2) is 16.3 Å². The molecule has 0 saturated carbocycles. The van der Waals surface area contributed by atoms with Crippen LogP contribution < -0.4 is 5.32 Å². The predicted octanol–water partition coefficient (Wildman–Crippen LogP) is 2.94. The van der Waals surface area contributed by atoms with Crippen molar-refractivity contribution in [3.05, 3.63) is 28.6 Å². The van der Waals surface area contributed by atoms with Crippen molar-refractivity contribution in [1.29, 1.82) is 0 Å². The lowest BCUT2D eigenvalue weighted by Gasteiger charge is -2.01. The summed E-state index contributed by atoms with van der Waals surface area (Å²) in [7, 11) is 1.92. The largest absolute Gasteiger partial charge is 0.448 e. The van der Waals surface area contributed by atoms with E-state index >= 15 is 0 Å². The van der Waals surface area contributed by atoms with Crippen molar-refractivity contribution < 1.29 is 4.42 Å². The Morgan fingerprint density at radius 3 is 2.94 bits per heavy atom. The van der Waals surface area contributed by atoms with Gasteiger partial charge in [-0.25, -0.2) is 0 Å². The first-order valence-electron chi connectivity index (χ1n) is 5.69. The number of aromatic nitrogens is 2. The van der Waals surface area contributed by atoms with Gasteiger partial charge in [-0.1, -0.05) is 6.92 Å². The molecule has 17 heavy (non-hydrogen) atoms. The number of nitrogens with zero attached hydrogens (tertiary/aromatic N) is 2. The van der Waals surface area contributed by atoms with Crippen LogP contribution in [0.1, 0.15) is 18.9 Å². The quantitative estimate of drug-likeness (QED) is 0.863. The molecule has 2 aromatic heterocycles. The molecule has 0 bridgehead atoms. The highest BCUT2D eigenvalue weighted by Crippen LogP contribution is 2.26. The Morgan fingerprint density at radius 2 is 2.29 bits per heavy atom. The second-order valence-electron chi connectivity index (χ2n) is 3.96. The van der Waals surface area contributed by atoms with Gasteiger partial charge in [-0.05, 0) is 41.0 Å². The molecule has 2 aromatic rings. The minimum absolute atomic E-state index is 0.727. The summed E-state index contributed by atoms with van der Waals surface area (Å²) in [6.07, 6.45) is 3.15. The van der Waals surface area contributed by atoms with Crippen LogP contribution in [0.3, 0.4) is 0 Å². The molecule has 0 aliphatic heterocycles. The Hall–Kier alpha value is -1.07. The molecular formula is C12H16BrN3O. The Morgan fingerprint density at radius 1 is 1.47 bits per heavy atom. The van der Waals surface area contributed by atoms with Gasteiger partial charge in [0.05, 0.1) is 0 Å². The summed E-state index contributed by atoms with van der Waals surface area (Å²) in [6, 6.07) is 3.81. The molecule has 0 unspecified atom stereocenters. The lowest BCUT2D eigenvalue weighted by Crippen LogP contribution is -2.13. The van der Waals surface area contributed by atoms with E-state index in [2.05, 4.69) is 33.3 Å². The van der Waals surface area contributed by atoms with E-state index in [4.69, 9.17) is 4.42 Å². The lowest BCUT2D eigenvalue weighted by atomic mass is 10.2. The van der Waals surface area contributed by atoms with Gasteiger partial charge in [0.1, 0.15) is 5.69 Å². The van der Waals surface area contributed by atoms with Gasteiger partial charge in [0, 0.05) is 25.4 Å². The van der Waals surface area contributed by atoms with Gasteiger partial charge in [-0.2, -0.15) is 5.10 Å². The maximum Gasteiger partial charge on any atom is 0.169 e. The summed E-state index contributed by atoms with van der Waals surface area (Å²) in [5.74, 6) is 0.797. The highest BCUT2D eigenvalue weighted by molar-refractivity contribution is 9.10. The number of nitrogens with one attached hydrogen (secondary N) is 1. The zero-order chi connectivity index (χ0) is 12.3. The zero-order valence-corrected chi connectivity index (χ0v) is 11.6. The van der Waals surface area contributed by atoms with Crippen molar-refractivity contribution in [2.24, 2.45) is 7.05 Å². The number of halogens is 1. The van der Waals surface area contributed by atoms with Crippen LogP contribution in [0, 0.1) is 0 Å². The van der Waals surface area contributed by atoms with E-state index in [0.717, 1.165) is 41.2 Å². The molecule has 0 amide bonds. The fourth-order valence-electron chi connectivity index (χ4n) is 1.72. The summed E-state index contributed by atoms with van der Waals surface area (Å²) >= 11 is 3.31. The maximum absolute atomic E-state index is 5.54. The van der Waals surface area contributed by atoms with Crippen LogP contribution >= 0.6 is 15.9 Å². The molecule has 0 atom stereocenters. The molecular weight excluding hydrogens is 282 g/mol. The van der Waals surface area contributed by atoms with E-state index in [9.17, 15) is 0 Å². The van der Waals surface area contributed by atoms with E-state index in [1.807, 2.05) is 30.1 Å². The molecule has 92 valence electrons. The number of rotatable bonds is 5. The first kappa shape index (κ1) is 12.4. The standard InChI is InChI=1S/C12H16BrN3O/c1-3-6-14-7-9-8-16(2)15-12(9)10-4-5-11(13)17-10/h4-5,8,14H,3,6-7H2,1-2H3. The first-order chi connectivity index (χ1) is 8.20. The summed E-state index contributed by atoms with van der Waals surface area (Å²) < 4.78 is 8.08. The fourth-order valence-corrected chi connectivity index (χ4v) is 2.02. The van der Waals surface area contributed by atoms with Gasteiger partial charge in [0.2, 0.25) is 0 Å². The molecule has 0 aromatic carbocycles. The van der Waals surface area contributed by atoms with Gasteiger partial charge in [-0.15, -0.1) is 0 Å². The third kappa shape index (κ3) is 2.98. The second-order valence-corrected chi connectivity index (χ2v) is 4.74. The topological polar surface area (TPSA) is 43.0 Å². The van der Waals surface area contributed by atoms with Gasteiger partial charge in [-0.3, -0.25) is 4.68 Å². The molecule has 4 nitrogen and oxygen atoms in total. The SMILES string of the molecule is CCCNCc1cn(C)nc1-c1ccc(Br)o1. The summed E-state index contributed by atoms with van der Waals surface area (Å²) in [4.78, 5) is 0. The van der Waals surface area contributed by atoms with Crippen molar-refractivity contribution in [2.75, 3.05) is 6.54 Å². The zero-order valence-electron chi connectivity index (χ0n) is 10.0. The molecule has 2 heterocycles. The van der Waals surface area contributed by atoms with E-state index in [1.54, 1.807) is 0 Å². The number of aryl methyl sites for hydroxylation is 1. The molecule has 5 heteroatoms. The minimum Gasteiger partial charge on any atom is -0.448 e. The van der Waals surface area contributed by atoms with Crippen LogP contribution in [-0.2, 0) is 13.6 Å². The van der Waals surface area contributed by atoms with Gasteiger partial charge in [0.25, 0.3) is 0 Å². The van der Waals surface area contributed by atoms with Crippen molar-refractivity contribution in [3.63, 3.8) is 0 Å². The van der Waals surface area contributed by atoms with Crippen LogP contribution in [0.25, 0.3) is 11.5 Å². The Balaban J connectivity index is 2.21.